The second-order valence-corrected chi connectivity index (χ2v) is 6.89. The largest absolute Gasteiger partial charge is 0.355 e. The maximum atomic E-state index is 12.3. The van der Waals surface area contributed by atoms with Gasteiger partial charge in [0.1, 0.15) is 4.90 Å². The van der Waals surface area contributed by atoms with Crippen molar-refractivity contribution in [3.8, 4) is 0 Å². The fraction of sp³-hybridized carbons (Fsp3) is 0.692. The van der Waals surface area contributed by atoms with Gasteiger partial charge in [0, 0.05) is 12.6 Å². The zero-order chi connectivity index (χ0) is 14.6. The van der Waals surface area contributed by atoms with Crippen LogP contribution in [0.3, 0.4) is 0 Å². The van der Waals surface area contributed by atoms with E-state index in [1.807, 2.05) is 13.8 Å². The quantitative estimate of drug-likeness (QED) is 0.764. The van der Waals surface area contributed by atoms with Crippen molar-refractivity contribution in [1.29, 1.82) is 0 Å². The second kappa shape index (κ2) is 6.49. The summed E-state index contributed by atoms with van der Waals surface area (Å²) >= 11 is 0. The Morgan fingerprint density at radius 2 is 1.95 bits per heavy atom. The van der Waals surface area contributed by atoms with Gasteiger partial charge >= 0.3 is 0 Å². The Morgan fingerprint density at radius 1 is 1.30 bits per heavy atom. The van der Waals surface area contributed by atoms with E-state index in [0.29, 0.717) is 18.4 Å². The highest BCUT2D eigenvalue weighted by Crippen LogP contribution is 2.34. The first kappa shape index (κ1) is 15.2. The summed E-state index contributed by atoms with van der Waals surface area (Å²) in [6, 6.07) is 0.000873. The van der Waals surface area contributed by atoms with Gasteiger partial charge in [0.15, 0.2) is 0 Å². The van der Waals surface area contributed by atoms with Crippen LogP contribution in [0.5, 0.6) is 0 Å². The Hall–Kier alpha value is -1.21. The Labute approximate surface area is 120 Å². The predicted molar refractivity (Wildman–Crippen MR) is 77.9 cm³/mol. The average Bonchev–Trinajstić information content (AvgIpc) is 3.23. The normalized spacial score (nSPS) is 16.9. The molecule has 1 aliphatic rings. The lowest BCUT2D eigenvalue weighted by Crippen LogP contribution is -2.34. The Morgan fingerprint density at radius 3 is 2.45 bits per heavy atom. The Kier molecular flexibility index (Phi) is 4.93. The van der Waals surface area contributed by atoms with E-state index in [2.05, 4.69) is 20.0 Å². The molecule has 7 heteroatoms. The smallest absolute Gasteiger partial charge is 0.243 e. The Bertz CT molecular complexity index is 526. The third-order valence-electron chi connectivity index (χ3n) is 3.40. The van der Waals surface area contributed by atoms with Crippen molar-refractivity contribution in [3.63, 3.8) is 0 Å². The lowest BCUT2D eigenvalue weighted by atomic mass is 10.1. The van der Waals surface area contributed by atoms with Gasteiger partial charge in [-0.25, -0.2) is 23.1 Å². The van der Waals surface area contributed by atoms with E-state index in [-0.39, 0.29) is 10.9 Å². The molecule has 0 spiro atoms. The summed E-state index contributed by atoms with van der Waals surface area (Å²) in [5.74, 6) is 1.13. The first-order chi connectivity index (χ1) is 9.55. The monoisotopic (exact) mass is 298 g/mol. The minimum Gasteiger partial charge on any atom is -0.355 e. The number of hydrogen-bond acceptors (Lipinski definition) is 5. The molecule has 1 aromatic rings. The highest BCUT2D eigenvalue weighted by Gasteiger charge is 2.27. The van der Waals surface area contributed by atoms with Gasteiger partial charge in [-0.15, -0.1) is 0 Å². The molecule has 0 radical (unpaired) electrons. The number of aromatic nitrogens is 2. The summed E-state index contributed by atoms with van der Waals surface area (Å²) in [5.41, 5.74) is 0. The van der Waals surface area contributed by atoms with E-state index in [0.717, 1.165) is 12.8 Å². The first-order valence-corrected chi connectivity index (χ1v) is 8.61. The van der Waals surface area contributed by atoms with E-state index in [1.165, 1.54) is 25.2 Å². The van der Waals surface area contributed by atoms with Crippen LogP contribution in [-0.2, 0) is 10.0 Å². The maximum Gasteiger partial charge on any atom is 0.243 e. The summed E-state index contributed by atoms with van der Waals surface area (Å²) in [7, 11) is -3.52. The lowest BCUT2D eigenvalue weighted by Gasteiger charge is -2.16. The zero-order valence-corrected chi connectivity index (χ0v) is 12.8. The van der Waals surface area contributed by atoms with Gasteiger partial charge in [-0.05, 0) is 25.7 Å². The number of nitrogens with one attached hydrogen (secondary N) is 2. The third kappa shape index (κ3) is 4.14. The molecule has 0 bridgehead atoms. The third-order valence-corrected chi connectivity index (χ3v) is 4.88. The Balaban J connectivity index is 2.03. The molecular weight excluding hydrogens is 276 g/mol. The maximum absolute atomic E-state index is 12.3. The van der Waals surface area contributed by atoms with Crippen LogP contribution < -0.4 is 10.0 Å². The molecule has 1 aliphatic carbocycles. The number of rotatable bonds is 8. The standard InChI is InChI=1S/C13H22N4O2S/c1-3-11(7-10-5-6-10)17-20(18,19)12-8-15-13(14-4-2)16-9-12/h8-11,17H,3-7H2,1-2H3,(H,14,15,16). The van der Waals surface area contributed by atoms with Gasteiger partial charge in [0.2, 0.25) is 16.0 Å². The fourth-order valence-electron chi connectivity index (χ4n) is 2.05. The topological polar surface area (TPSA) is 84.0 Å². The zero-order valence-electron chi connectivity index (χ0n) is 12.0. The summed E-state index contributed by atoms with van der Waals surface area (Å²) in [6.07, 6.45) is 6.85. The van der Waals surface area contributed by atoms with Crippen LogP contribution in [0.1, 0.15) is 39.5 Å². The molecule has 0 saturated heterocycles. The van der Waals surface area contributed by atoms with Gasteiger partial charge in [0.25, 0.3) is 0 Å². The molecule has 1 atom stereocenters. The molecule has 20 heavy (non-hydrogen) atoms. The molecule has 2 rings (SSSR count). The lowest BCUT2D eigenvalue weighted by molar-refractivity contribution is 0.495. The van der Waals surface area contributed by atoms with Gasteiger partial charge in [0.05, 0.1) is 12.4 Å². The van der Waals surface area contributed by atoms with Crippen LogP contribution >= 0.6 is 0 Å². The molecule has 1 heterocycles. The van der Waals surface area contributed by atoms with Crippen LogP contribution in [-0.4, -0.2) is 31.0 Å². The minimum absolute atomic E-state index is 0.000873. The number of nitrogens with zero attached hydrogens (tertiary/aromatic N) is 2. The summed E-state index contributed by atoms with van der Waals surface area (Å²) in [5, 5.41) is 2.94. The van der Waals surface area contributed by atoms with Crippen LogP contribution in [0.25, 0.3) is 0 Å². The van der Waals surface area contributed by atoms with Crippen molar-refractivity contribution in [2.45, 2.75) is 50.5 Å². The molecule has 0 aliphatic heterocycles. The van der Waals surface area contributed by atoms with E-state index >= 15 is 0 Å². The molecule has 112 valence electrons. The SMILES string of the molecule is CCNc1ncc(S(=O)(=O)NC(CC)CC2CC2)cn1. The minimum atomic E-state index is -3.52. The fourth-order valence-corrected chi connectivity index (χ4v) is 3.27. The van der Waals surface area contributed by atoms with Gasteiger partial charge < -0.3 is 5.32 Å². The van der Waals surface area contributed by atoms with Crippen LogP contribution in [0.4, 0.5) is 5.95 Å². The van der Waals surface area contributed by atoms with Gasteiger partial charge in [-0.2, -0.15) is 0 Å². The van der Waals surface area contributed by atoms with Crippen molar-refractivity contribution in [2.24, 2.45) is 5.92 Å². The number of hydrogen-bond donors (Lipinski definition) is 2. The van der Waals surface area contributed by atoms with Gasteiger partial charge in [-0.3, -0.25) is 0 Å². The van der Waals surface area contributed by atoms with E-state index in [4.69, 9.17) is 0 Å². The van der Waals surface area contributed by atoms with Crippen LogP contribution in [0.15, 0.2) is 17.3 Å². The van der Waals surface area contributed by atoms with Crippen LogP contribution in [0.2, 0.25) is 0 Å². The molecule has 0 amide bonds. The molecular formula is C13H22N4O2S. The summed E-state index contributed by atoms with van der Waals surface area (Å²) in [4.78, 5) is 8.12. The highest BCUT2D eigenvalue weighted by atomic mass is 32.2. The van der Waals surface area contributed by atoms with Crippen molar-refractivity contribution in [2.75, 3.05) is 11.9 Å². The molecule has 1 unspecified atom stereocenters. The second-order valence-electron chi connectivity index (χ2n) is 5.18. The number of anilines is 1. The molecule has 1 aromatic heterocycles. The van der Waals surface area contributed by atoms with E-state index in [9.17, 15) is 8.42 Å². The van der Waals surface area contributed by atoms with Crippen molar-refractivity contribution in [1.82, 2.24) is 14.7 Å². The predicted octanol–water partition coefficient (Wildman–Crippen LogP) is 1.77. The van der Waals surface area contributed by atoms with Crippen molar-refractivity contribution in [3.05, 3.63) is 12.4 Å². The summed E-state index contributed by atoms with van der Waals surface area (Å²) in [6.45, 7) is 4.63. The molecule has 6 nitrogen and oxygen atoms in total. The van der Waals surface area contributed by atoms with Crippen molar-refractivity contribution < 1.29 is 8.42 Å². The van der Waals surface area contributed by atoms with E-state index in [1.54, 1.807) is 0 Å². The average molecular weight is 298 g/mol. The molecule has 0 aromatic carbocycles. The van der Waals surface area contributed by atoms with Crippen molar-refractivity contribution >= 4 is 16.0 Å². The van der Waals surface area contributed by atoms with Crippen LogP contribution in [0, 0.1) is 5.92 Å². The first-order valence-electron chi connectivity index (χ1n) is 7.13. The van der Waals surface area contributed by atoms with E-state index < -0.39 is 10.0 Å². The summed E-state index contributed by atoms with van der Waals surface area (Å²) < 4.78 is 27.3. The highest BCUT2D eigenvalue weighted by molar-refractivity contribution is 7.89. The number of sulfonamides is 1. The molecule has 2 N–H and O–H groups in total. The molecule has 1 saturated carbocycles. The van der Waals surface area contributed by atoms with Gasteiger partial charge in [-0.1, -0.05) is 19.8 Å². The molecule has 1 fully saturated rings.